The molecule has 104 valence electrons. The van der Waals surface area contributed by atoms with Gasteiger partial charge in [0.05, 0.1) is 12.6 Å². The summed E-state index contributed by atoms with van der Waals surface area (Å²) in [6, 6.07) is 8.42. The average Bonchev–Trinajstić information content (AvgIpc) is 2.87. The Kier molecular flexibility index (Phi) is 3.52. The standard InChI is InChI=1S/C16H15BrFNO/c1-9-2-3-14(18)12(6-9)15(19)13-8-11(17)7-10-4-5-20-16(10)13/h2-3,6-8,15H,4-5,19H2,1H3. The van der Waals surface area contributed by atoms with Crippen molar-refractivity contribution >= 4 is 15.9 Å². The first-order valence-electron chi connectivity index (χ1n) is 6.53. The monoisotopic (exact) mass is 335 g/mol. The molecule has 1 heterocycles. The zero-order valence-corrected chi connectivity index (χ0v) is 12.7. The van der Waals surface area contributed by atoms with Crippen LogP contribution < -0.4 is 10.5 Å². The summed E-state index contributed by atoms with van der Waals surface area (Å²) in [4.78, 5) is 0. The maximum Gasteiger partial charge on any atom is 0.128 e. The van der Waals surface area contributed by atoms with E-state index in [1.54, 1.807) is 12.1 Å². The van der Waals surface area contributed by atoms with Crippen LogP contribution in [0.3, 0.4) is 0 Å². The van der Waals surface area contributed by atoms with E-state index in [4.69, 9.17) is 10.5 Å². The maximum absolute atomic E-state index is 14.0. The van der Waals surface area contributed by atoms with Gasteiger partial charge in [-0.2, -0.15) is 0 Å². The summed E-state index contributed by atoms with van der Waals surface area (Å²) in [6.45, 7) is 2.58. The third-order valence-electron chi connectivity index (χ3n) is 3.60. The van der Waals surface area contributed by atoms with Crippen molar-refractivity contribution in [2.24, 2.45) is 5.73 Å². The fourth-order valence-electron chi connectivity index (χ4n) is 2.60. The Hall–Kier alpha value is -1.39. The number of ether oxygens (including phenoxy) is 1. The average molecular weight is 336 g/mol. The topological polar surface area (TPSA) is 35.2 Å². The lowest BCUT2D eigenvalue weighted by atomic mass is 9.95. The van der Waals surface area contributed by atoms with Crippen molar-refractivity contribution in [2.45, 2.75) is 19.4 Å². The summed E-state index contributed by atoms with van der Waals surface area (Å²) >= 11 is 3.48. The lowest BCUT2D eigenvalue weighted by molar-refractivity contribution is 0.352. The molecule has 0 aromatic heterocycles. The summed E-state index contributed by atoms with van der Waals surface area (Å²) < 4.78 is 20.6. The molecular weight excluding hydrogens is 321 g/mol. The van der Waals surface area contributed by atoms with Crippen LogP contribution in [0.4, 0.5) is 4.39 Å². The molecule has 0 aliphatic carbocycles. The number of aryl methyl sites for hydroxylation is 1. The molecule has 0 spiro atoms. The van der Waals surface area contributed by atoms with Gasteiger partial charge in [-0.05, 0) is 30.7 Å². The summed E-state index contributed by atoms with van der Waals surface area (Å²) in [5, 5.41) is 0. The molecule has 0 fully saturated rings. The third-order valence-corrected chi connectivity index (χ3v) is 4.06. The first-order valence-corrected chi connectivity index (χ1v) is 7.32. The third kappa shape index (κ3) is 2.34. The highest BCUT2D eigenvalue weighted by Crippen LogP contribution is 2.38. The van der Waals surface area contributed by atoms with Crippen LogP contribution in [0.1, 0.15) is 28.3 Å². The number of rotatable bonds is 2. The lowest BCUT2D eigenvalue weighted by Gasteiger charge is -2.17. The highest BCUT2D eigenvalue weighted by Gasteiger charge is 2.23. The second-order valence-electron chi connectivity index (χ2n) is 5.08. The quantitative estimate of drug-likeness (QED) is 0.903. The Bertz CT molecular complexity index is 672. The number of halogens is 2. The summed E-state index contributed by atoms with van der Waals surface area (Å²) in [5.74, 6) is 0.524. The van der Waals surface area contributed by atoms with Gasteiger partial charge >= 0.3 is 0 Å². The molecule has 2 N–H and O–H groups in total. The van der Waals surface area contributed by atoms with E-state index >= 15 is 0 Å². The molecule has 2 aromatic rings. The maximum atomic E-state index is 14.0. The molecule has 1 aliphatic rings. The van der Waals surface area contributed by atoms with Gasteiger partial charge < -0.3 is 10.5 Å². The minimum atomic E-state index is -0.528. The van der Waals surface area contributed by atoms with E-state index in [0.717, 1.165) is 33.3 Å². The number of benzene rings is 2. The van der Waals surface area contributed by atoms with Crippen LogP contribution >= 0.6 is 15.9 Å². The Labute approximate surface area is 125 Å². The Morgan fingerprint density at radius 3 is 2.85 bits per heavy atom. The fourth-order valence-corrected chi connectivity index (χ4v) is 3.12. The SMILES string of the molecule is Cc1ccc(F)c(C(N)c2cc(Br)cc3c2OCC3)c1. The van der Waals surface area contributed by atoms with Crippen LogP contribution in [0.2, 0.25) is 0 Å². The number of nitrogens with two attached hydrogens (primary N) is 1. The van der Waals surface area contributed by atoms with Gasteiger partial charge in [-0.15, -0.1) is 0 Å². The minimum absolute atomic E-state index is 0.283. The first-order chi connectivity index (χ1) is 9.56. The zero-order valence-electron chi connectivity index (χ0n) is 11.1. The predicted octanol–water partition coefficient (Wildman–Crippen LogP) is 3.88. The minimum Gasteiger partial charge on any atom is -0.493 e. The van der Waals surface area contributed by atoms with Crippen molar-refractivity contribution < 1.29 is 9.13 Å². The Morgan fingerprint density at radius 1 is 1.25 bits per heavy atom. The molecule has 0 saturated carbocycles. The molecule has 1 aliphatic heterocycles. The van der Waals surface area contributed by atoms with Gasteiger partial charge in [-0.25, -0.2) is 4.39 Å². The van der Waals surface area contributed by atoms with Crippen molar-refractivity contribution in [3.63, 3.8) is 0 Å². The zero-order chi connectivity index (χ0) is 14.3. The van der Waals surface area contributed by atoms with Gasteiger partial charge in [0.15, 0.2) is 0 Å². The molecule has 0 radical (unpaired) electrons. The summed E-state index contributed by atoms with van der Waals surface area (Å²) in [5.41, 5.74) is 9.73. The molecule has 1 unspecified atom stereocenters. The largest absolute Gasteiger partial charge is 0.493 e. The fraction of sp³-hybridized carbons (Fsp3) is 0.250. The normalized spacial score (nSPS) is 14.8. The molecule has 0 saturated heterocycles. The van der Waals surface area contributed by atoms with E-state index in [2.05, 4.69) is 15.9 Å². The van der Waals surface area contributed by atoms with Crippen molar-refractivity contribution in [1.29, 1.82) is 0 Å². The van der Waals surface area contributed by atoms with Crippen LogP contribution in [0, 0.1) is 12.7 Å². The highest BCUT2D eigenvalue weighted by molar-refractivity contribution is 9.10. The number of hydrogen-bond acceptors (Lipinski definition) is 2. The van der Waals surface area contributed by atoms with Gasteiger partial charge in [0.1, 0.15) is 11.6 Å². The van der Waals surface area contributed by atoms with E-state index in [1.807, 2.05) is 19.1 Å². The van der Waals surface area contributed by atoms with E-state index in [-0.39, 0.29) is 5.82 Å². The van der Waals surface area contributed by atoms with Gasteiger partial charge in [-0.1, -0.05) is 33.6 Å². The van der Waals surface area contributed by atoms with Crippen LogP contribution in [0.5, 0.6) is 5.75 Å². The Balaban J connectivity index is 2.11. The van der Waals surface area contributed by atoms with Crippen LogP contribution in [-0.2, 0) is 6.42 Å². The van der Waals surface area contributed by atoms with E-state index in [9.17, 15) is 4.39 Å². The highest BCUT2D eigenvalue weighted by atomic mass is 79.9. The first kappa shape index (κ1) is 13.6. The van der Waals surface area contributed by atoms with Gasteiger partial charge in [0.2, 0.25) is 0 Å². The van der Waals surface area contributed by atoms with Crippen molar-refractivity contribution in [3.8, 4) is 5.75 Å². The molecule has 0 amide bonds. The molecule has 2 nitrogen and oxygen atoms in total. The second-order valence-corrected chi connectivity index (χ2v) is 6.00. The molecule has 4 heteroatoms. The van der Waals surface area contributed by atoms with Gasteiger partial charge in [0, 0.05) is 22.0 Å². The molecule has 20 heavy (non-hydrogen) atoms. The molecule has 2 aromatic carbocycles. The van der Waals surface area contributed by atoms with Crippen LogP contribution in [0.15, 0.2) is 34.8 Å². The molecular formula is C16H15BrFNO. The Morgan fingerprint density at radius 2 is 2.05 bits per heavy atom. The molecule has 1 atom stereocenters. The smallest absolute Gasteiger partial charge is 0.128 e. The van der Waals surface area contributed by atoms with E-state index in [1.165, 1.54) is 6.07 Å². The summed E-state index contributed by atoms with van der Waals surface area (Å²) in [6.07, 6.45) is 0.866. The number of fused-ring (bicyclic) bond motifs is 1. The predicted molar refractivity (Wildman–Crippen MR) is 80.5 cm³/mol. The summed E-state index contributed by atoms with van der Waals surface area (Å²) in [7, 11) is 0. The van der Waals surface area contributed by atoms with Crippen molar-refractivity contribution in [2.75, 3.05) is 6.61 Å². The van der Waals surface area contributed by atoms with E-state index in [0.29, 0.717) is 12.2 Å². The van der Waals surface area contributed by atoms with Crippen LogP contribution in [-0.4, -0.2) is 6.61 Å². The van der Waals surface area contributed by atoms with Gasteiger partial charge in [0.25, 0.3) is 0 Å². The van der Waals surface area contributed by atoms with Gasteiger partial charge in [-0.3, -0.25) is 0 Å². The van der Waals surface area contributed by atoms with Crippen LogP contribution in [0.25, 0.3) is 0 Å². The van der Waals surface area contributed by atoms with Crippen molar-refractivity contribution in [3.05, 3.63) is 62.9 Å². The molecule has 3 rings (SSSR count). The molecule has 0 bridgehead atoms. The van der Waals surface area contributed by atoms with Crippen molar-refractivity contribution in [1.82, 2.24) is 0 Å². The lowest BCUT2D eigenvalue weighted by Crippen LogP contribution is -2.15. The second kappa shape index (κ2) is 5.19. The number of hydrogen-bond donors (Lipinski definition) is 1. The van der Waals surface area contributed by atoms with E-state index < -0.39 is 6.04 Å².